The van der Waals surface area contributed by atoms with E-state index in [1.807, 2.05) is 31.2 Å². The number of ketones is 1. The van der Waals surface area contributed by atoms with E-state index in [4.69, 9.17) is 0 Å². The maximum atomic E-state index is 13.2. The Morgan fingerprint density at radius 2 is 1.79 bits per heavy atom. The van der Waals surface area contributed by atoms with Crippen molar-refractivity contribution in [2.24, 2.45) is 19.5 Å². The van der Waals surface area contributed by atoms with E-state index in [1.54, 1.807) is 7.05 Å². The maximum absolute atomic E-state index is 13.2. The molecule has 2 aliphatic rings. The third-order valence-electron chi connectivity index (χ3n) is 5.84. The monoisotopic (exact) mass is 379 g/mol. The number of rotatable bonds is 1. The number of nitrogens with zero attached hydrogens (tertiary/aromatic N) is 2. The third kappa shape index (κ3) is 2.66. The summed E-state index contributed by atoms with van der Waals surface area (Å²) in [4.78, 5) is 38.8. The Balaban J connectivity index is 2.09. The van der Waals surface area contributed by atoms with E-state index >= 15 is 0 Å². The highest BCUT2D eigenvalue weighted by Crippen LogP contribution is 2.47. The molecule has 2 heterocycles. The van der Waals surface area contributed by atoms with Gasteiger partial charge in [0.25, 0.3) is 5.56 Å². The normalized spacial score (nSPS) is 20.5. The van der Waals surface area contributed by atoms with E-state index in [0.29, 0.717) is 29.8 Å². The predicted molar refractivity (Wildman–Crippen MR) is 109 cm³/mol. The van der Waals surface area contributed by atoms with Crippen LogP contribution in [0.3, 0.4) is 0 Å². The molecule has 0 amide bonds. The molecule has 0 saturated carbocycles. The summed E-state index contributed by atoms with van der Waals surface area (Å²) in [5, 5.41) is 3.28. The second-order valence-electron chi connectivity index (χ2n) is 8.77. The number of nitrogens with one attached hydrogen (secondary N) is 1. The number of aryl methyl sites for hydroxylation is 1. The minimum Gasteiger partial charge on any atom is -0.344 e. The zero-order valence-electron chi connectivity index (χ0n) is 16.9. The van der Waals surface area contributed by atoms with Crippen LogP contribution in [0.25, 0.3) is 0 Å². The Bertz CT molecular complexity index is 1160. The first-order valence-electron chi connectivity index (χ1n) is 9.50. The van der Waals surface area contributed by atoms with E-state index in [9.17, 15) is 14.4 Å². The first kappa shape index (κ1) is 18.5. The van der Waals surface area contributed by atoms with Gasteiger partial charge in [0.15, 0.2) is 5.78 Å². The standard InChI is InChI=1S/C22H25N3O3/c1-12-7-6-8-13(9-12)16-17-14(10-22(2,3)11-15(17)26)23-19-18(16)20(27)25(5)21(28)24(19)4/h6-9,16,23H,10-11H2,1-5H3/t16-/m1/s1. The number of anilines is 1. The predicted octanol–water partition coefficient (Wildman–Crippen LogP) is 2.59. The summed E-state index contributed by atoms with van der Waals surface area (Å²) in [7, 11) is 3.14. The van der Waals surface area contributed by atoms with Gasteiger partial charge in [-0.05, 0) is 24.3 Å². The molecule has 146 valence electrons. The average Bonchev–Trinajstić information content (AvgIpc) is 2.62. The van der Waals surface area contributed by atoms with Gasteiger partial charge in [-0.25, -0.2) is 4.79 Å². The largest absolute Gasteiger partial charge is 0.344 e. The minimum absolute atomic E-state index is 0.0619. The van der Waals surface area contributed by atoms with E-state index in [-0.39, 0.29) is 22.4 Å². The van der Waals surface area contributed by atoms with Crippen LogP contribution >= 0.6 is 0 Å². The fourth-order valence-electron chi connectivity index (χ4n) is 4.53. The fourth-order valence-corrected chi connectivity index (χ4v) is 4.53. The summed E-state index contributed by atoms with van der Waals surface area (Å²) in [6.45, 7) is 6.12. The molecule has 1 aromatic carbocycles. The van der Waals surface area contributed by atoms with Gasteiger partial charge in [-0.15, -0.1) is 0 Å². The van der Waals surface area contributed by atoms with Crippen LogP contribution in [0, 0.1) is 12.3 Å². The van der Waals surface area contributed by atoms with Crippen molar-refractivity contribution in [1.29, 1.82) is 0 Å². The molecule has 28 heavy (non-hydrogen) atoms. The molecule has 1 aliphatic heterocycles. The number of Topliss-reactive ketones (excluding diaryl/α,β-unsaturated/α-hetero) is 1. The highest BCUT2D eigenvalue weighted by molar-refractivity contribution is 6.01. The summed E-state index contributed by atoms with van der Waals surface area (Å²) in [5.74, 6) is 0.0796. The molecule has 2 aromatic rings. The molecule has 6 nitrogen and oxygen atoms in total. The van der Waals surface area contributed by atoms with Gasteiger partial charge in [-0.1, -0.05) is 43.7 Å². The van der Waals surface area contributed by atoms with Crippen molar-refractivity contribution in [3.63, 3.8) is 0 Å². The molecule has 0 spiro atoms. The van der Waals surface area contributed by atoms with Crippen LogP contribution in [-0.4, -0.2) is 14.9 Å². The zero-order chi connectivity index (χ0) is 20.4. The van der Waals surface area contributed by atoms with Gasteiger partial charge >= 0.3 is 5.69 Å². The van der Waals surface area contributed by atoms with Gasteiger partial charge in [-0.3, -0.25) is 18.7 Å². The van der Waals surface area contributed by atoms with Gasteiger partial charge in [0.1, 0.15) is 5.82 Å². The number of fused-ring (bicyclic) bond motifs is 1. The lowest BCUT2D eigenvalue weighted by Crippen LogP contribution is -2.45. The van der Waals surface area contributed by atoms with Crippen LogP contribution in [0.15, 0.2) is 45.1 Å². The first-order chi connectivity index (χ1) is 13.1. The molecule has 0 unspecified atom stereocenters. The van der Waals surface area contributed by atoms with Crippen molar-refractivity contribution in [3.05, 3.63) is 73.1 Å². The number of hydrogen-bond acceptors (Lipinski definition) is 4. The summed E-state index contributed by atoms with van der Waals surface area (Å²) in [6, 6.07) is 7.90. The van der Waals surface area contributed by atoms with Crippen LogP contribution < -0.4 is 16.6 Å². The summed E-state index contributed by atoms with van der Waals surface area (Å²) < 4.78 is 2.58. The SMILES string of the molecule is Cc1cccc([C@@H]2C3=C(CC(C)(C)CC3=O)Nc3c2c(=O)n(C)c(=O)n3C)c1. The van der Waals surface area contributed by atoms with E-state index in [2.05, 4.69) is 19.2 Å². The lowest BCUT2D eigenvalue weighted by molar-refractivity contribution is -0.118. The molecular weight excluding hydrogens is 354 g/mol. The van der Waals surface area contributed by atoms with Crippen LogP contribution in [-0.2, 0) is 18.9 Å². The van der Waals surface area contributed by atoms with Gasteiger partial charge in [0.2, 0.25) is 0 Å². The van der Waals surface area contributed by atoms with Crippen molar-refractivity contribution >= 4 is 11.6 Å². The molecular formula is C22H25N3O3. The molecule has 0 bridgehead atoms. The van der Waals surface area contributed by atoms with E-state index in [1.165, 1.54) is 11.6 Å². The Morgan fingerprint density at radius 3 is 2.46 bits per heavy atom. The smallest absolute Gasteiger partial charge is 0.332 e. The van der Waals surface area contributed by atoms with Crippen LogP contribution in [0.2, 0.25) is 0 Å². The number of carbonyl (C=O) groups excluding carboxylic acids is 1. The fraction of sp³-hybridized carbons (Fsp3) is 0.409. The van der Waals surface area contributed by atoms with Crippen molar-refractivity contribution < 1.29 is 4.79 Å². The van der Waals surface area contributed by atoms with Crippen molar-refractivity contribution in [3.8, 4) is 0 Å². The molecule has 1 aromatic heterocycles. The number of carbonyl (C=O) groups is 1. The van der Waals surface area contributed by atoms with Gasteiger partial charge in [0, 0.05) is 37.7 Å². The molecule has 1 N–H and O–H groups in total. The lowest BCUT2D eigenvalue weighted by atomic mass is 9.69. The van der Waals surface area contributed by atoms with E-state index in [0.717, 1.165) is 21.4 Å². The summed E-state index contributed by atoms with van der Waals surface area (Å²) in [6.07, 6.45) is 1.14. The Labute approximate surface area is 163 Å². The molecule has 0 radical (unpaired) electrons. The Hall–Kier alpha value is -2.89. The number of hydrogen-bond donors (Lipinski definition) is 1. The Kier molecular flexibility index (Phi) is 4.00. The van der Waals surface area contributed by atoms with E-state index < -0.39 is 5.92 Å². The summed E-state index contributed by atoms with van der Waals surface area (Å²) >= 11 is 0. The third-order valence-corrected chi connectivity index (χ3v) is 5.84. The molecule has 1 aliphatic carbocycles. The van der Waals surface area contributed by atoms with Crippen LogP contribution in [0.1, 0.15) is 49.3 Å². The number of aromatic nitrogens is 2. The average molecular weight is 379 g/mol. The highest BCUT2D eigenvalue weighted by atomic mass is 16.2. The maximum Gasteiger partial charge on any atom is 0.332 e. The van der Waals surface area contributed by atoms with Gasteiger partial charge < -0.3 is 5.32 Å². The zero-order valence-corrected chi connectivity index (χ0v) is 16.9. The second kappa shape index (κ2) is 6.06. The molecule has 0 saturated heterocycles. The first-order valence-corrected chi connectivity index (χ1v) is 9.50. The van der Waals surface area contributed by atoms with Crippen molar-refractivity contribution in [1.82, 2.24) is 9.13 Å². The molecule has 6 heteroatoms. The number of benzene rings is 1. The molecule has 4 rings (SSSR count). The van der Waals surface area contributed by atoms with Crippen LogP contribution in [0.4, 0.5) is 5.82 Å². The lowest BCUT2D eigenvalue weighted by Gasteiger charge is -2.39. The number of allylic oxidation sites excluding steroid dienone is 2. The molecule has 0 fully saturated rings. The quantitative estimate of drug-likeness (QED) is 0.827. The topological polar surface area (TPSA) is 73.1 Å². The van der Waals surface area contributed by atoms with Crippen molar-refractivity contribution in [2.75, 3.05) is 5.32 Å². The second-order valence-corrected chi connectivity index (χ2v) is 8.77. The van der Waals surface area contributed by atoms with Crippen LogP contribution in [0.5, 0.6) is 0 Å². The molecule has 1 atom stereocenters. The van der Waals surface area contributed by atoms with Gasteiger partial charge in [0.05, 0.1) is 5.56 Å². The summed E-state index contributed by atoms with van der Waals surface area (Å²) in [5.41, 5.74) is 2.99. The highest BCUT2D eigenvalue weighted by Gasteiger charge is 2.42. The minimum atomic E-state index is -0.472. The Morgan fingerprint density at radius 1 is 1.07 bits per heavy atom. The van der Waals surface area contributed by atoms with Crippen molar-refractivity contribution in [2.45, 2.75) is 39.5 Å². The van der Waals surface area contributed by atoms with Gasteiger partial charge in [-0.2, -0.15) is 0 Å².